The fourth-order valence-electron chi connectivity index (χ4n) is 3.07. The highest BCUT2D eigenvalue weighted by molar-refractivity contribution is 6.31. The topological polar surface area (TPSA) is 58.3 Å². The van der Waals surface area contributed by atoms with Crippen molar-refractivity contribution < 1.29 is 9.52 Å². The van der Waals surface area contributed by atoms with Crippen LogP contribution in [0.2, 0.25) is 15.1 Å². The molecule has 142 valence electrons. The molecule has 0 bridgehead atoms. The van der Waals surface area contributed by atoms with Crippen molar-refractivity contribution in [1.29, 1.82) is 0 Å². The second kappa shape index (κ2) is 8.02. The molecule has 0 saturated carbocycles. The van der Waals surface area contributed by atoms with E-state index in [1.54, 1.807) is 30.3 Å². The number of hydrogen-bond donors (Lipinski definition) is 2. The molecule has 0 aliphatic heterocycles. The van der Waals surface area contributed by atoms with Crippen molar-refractivity contribution >= 4 is 51.9 Å². The minimum Gasteiger partial charge on any atom is -0.423 e. The Hall–Kier alpha value is -2.24. The minimum atomic E-state index is -0.333. The van der Waals surface area contributed by atoms with Crippen LogP contribution < -0.4 is 5.32 Å². The van der Waals surface area contributed by atoms with E-state index < -0.39 is 0 Å². The van der Waals surface area contributed by atoms with E-state index in [0.29, 0.717) is 37.7 Å². The van der Waals surface area contributed by atoms with Gasteiger partial charge in [0.1, 0.15) is 5.52 Å². The zero-order chi connectivity index (χ0) is 19.7. The number of benzene rings is 3. The van der Waals surface area contributed by atoms with E-state index in [1.807, 2.05) is 30.3 Å². The number of nitrogens with one attached hydrogen (secondary N) is 1. The molecule has 0 spiro atoms. The molecule has 0 fully saturated rings. The second-order valence-electron chi connectivity index (χ2n) is 6.26. The van der Waals surface area contributed by atoms with Gasteiger partial charge >= 0.3 is 0 Å². The van der Waals surface area contributed by atoms with Gasteiger partial charge in [-0.2, -0.15) is 4.98 Å². The van der Waals surface area contributed by atoms with Crippen molar-refractivity contribution in [3.8, 4) is 0 Å². The molecule has 28 heavy (non-hydrogen) atoms. The monoisotopic (exact) mass is 432 g/mol. The lowest BCUT2D eigenvalue weighted by Crippen LogP contribution is -2.14. The van der Waals surface area contributed by atoms with Crippen molar-refractivity contribution in [3.63, 3.8) is 0 Å². The third-order valence-corrected chi connectivity index (χ3v) is 5.13. The summed E-state index contributed by atoms with van der Waals surface area (Å²) in [5.74, 6) is 0. The fraction of sp³-hybridized carbons (Fsp3) is 0.0952. The van der Waals surface area contributed by atoms with E-state index in [1.165, 1.54) is 0 Å². The van der Waals surface area contributed by atoms with Gasteiger partial charge < -0.3 is 14.8 Å². The lowest BCUT2D eigenvalue weighted by molar-refractivity contribution is 0.280. The molecule has 1 atom stereocenters. The molecule has 0 aliphatic rings. The predicted octanol–water partition coefficient (Wildman–Crippen LogP) is 6.48. The molecule has 2 N–H and O–H groups in total. The van der Waals surface area contributed by atoms with E-state index in [0.717, 1.165) is 11.1 Å². The molecule has 3 aromatic carbocycles. The average molecular weight is 434 g/mol. The summed E-state index contributed by atoms with van der Waals surface area (Å²) in [6.45, 7) is -0.148. The molecule has 0 unspecified atom stereocenters. The summed E-state index contributed by atoms with van der Waals surface area (Å²) in [4.78, 5) is 4.48. The largest absolute Gasteiger partial charge is 0.423 e. The zero-order valence-corrected chi connectivity index (χ0v) is 16.8. The predicted molar refractivity (Wildman–Crippen MR) is 113 cm³/mol. The number of fused-ring (bicyclic) bond motifs is 1. The van der Waals surface area contributed by atoms with Gasteiger partial charge in [0, 0.05) is 21.1 Å². The summed E-state index contributed by atoms with van der Waals surface area (Å²) in [6, 6.07) is 18.1. The number of aliphatic hydroxyl groups is 1. The Morgan fingerprint density at radius 3 is 2.32 bits per heavy atom. The van der Waals surface area contributed by atoms with Crippen LogP contribution in [0.1, 0.15) is 22.7 Å². The third-order valence-electron chi connectivity index (χ3n) is 4.41. The molecule has 0 radical (unpaired) electrons. The molecular formula is C21H15Cl3N2O2. The zero-order valence-electron chi connectivity index (χ0n) is 14.5. The van der Waals surface area contributed by atoms with Gasteiger partial charge in [-0.25, -0.2) is 0 Å². The maximum atomic E-state index is 9.83. The van der Waals surface area contributed by atoms with Gasteiger partial charge in [0.15, 0.2) is 5.58 Å². The molecule has 0 saturated heterocycles. The summed E-state index contributed by atoms with van der Waals surface area (Å²) in [5.41, 5.74) is 3.78. The van der Waals surface area contributed by atoms with Crippen LogP contribution in [0, 0.1) is 0 Å². The summed E-state index contributed by atoms with van der Waals surface area (Å²) >= 11 is 18.2. The van der Waals surface area contributed by atoms with Crippen LogP contribution in [-0.4, -0.2) is 10.1 Å². The first-order valence-electron chi connectivity index (χ1n) is 8.51. The van der Waals surface area contributed by atoms with Crippen molar-refractivity contribution in [2.75, 3.05) is 5.32 Å². The number of rotatable bonds is 5. The summed E-state index contributed by atoms with van der Waals surface area (Å²) in [6.07, 6.45) is 0. The summed E-state index contributed by atoms with van der Waals surface area (Å²) in [5, 5.41) is 14.9. The first-order chi connectivity index (χ1) is 13.5. The van der Waals surface area contributed by atoms with Gasteiger partial charge in [0.25, 0.3) is 6.01 Å². The first-order valence-corrected chi connectivity index (χ1v) is 9.64. The van der Waals surface area contributed by atoms with Crippen LogP contribution >= 0.6 is 34.8 Å². The van der Waals surface area contributed by atoms with Crippen LogP contribution in [0.25, 0.3) is 11.1 Å². The van der Waals surface area contributed by atoms with Crippen molar-refractivity contribution in [1.82, 2.24) is 4.98 Å². The minimum absolute atomic E-state index is 0.148. The second-order valence-corrected chi connectivity index (χ2v) is 7.57. The van der Waals surface area contributed by atoms with Crippen LogP contribution in [-0.2, 0) is 6.61 Å². The van der Waals surface area contributed by atoms with E-state index in [2.05, 4.69) is 10.3 Å². The van der Waals surface area contributed by atoms with Gasteiger partial charge in [0.05, 0.1) is 12.6 Å². The van der Waals surface area contributed by atoms with Gasteiger partial charge in [0.2, 0.25) is 0 Å². The first kappa shape index (κ1) is 19.1. The lowest BCUT2D eigenvalue weighted by atomic mass is 9.94. The smallest absolute Gasteiger partial charge is 0.296 e. The van der Waals surface area contributed by atoms with E-state index in [4.69, 9.17) is 39.2 Å². The molecule has 1 aromatic heterocycles. The number of oxazole rings is 1. The molecule has 4 nitrogen and oxygen atoms in total. The van der Waals surface area contributed by atoms with Crippen LogP contribution in [0.4, 0.5) is 6.01 Å². The molecule has 4 aromatic rings. The Labute approximate surface area is 176 Å². The van der Waals surface area contributed by atoms with Crippen molar-refractivity contribution in [2.45, 2.75) is 12.6 Å². The third kappa shape index (κ3) is 3.96. The van der Waals surface area contributed by atoms with Crippen molar-refractivity contribution in [3.05, 3.63) is 92.4 Å². The highest BCUT2D eigenvalue weighted by atomic mass is 35.5. The molecule has 0 amide bonds. The Kier molecular flexibility index (Phi) is 5.47. The quantitative estimate of drug-likeness (QED) is 0.378. The number of anilines is 1. The molecule has 7 heteroatoms. The molecular weight excluding hydrogens is 419 g/mol. The normalized spacial score (nSPS) is 12.3. The van der Waals surface area contributed by atoms with E-state index in [9.17, 15) is 5.11 Å². The van der Waals surface area contributed by atoms with E-state index >= 15 is 0 Å². The average Bonchev–Trinajstić information content (AvgIpc) is 3.08. The summed E-state index contributed by atoms with van der Waals surface area (Å²) in [7, 11) is 0. The van der Waals surface area contributed by atoms with Crippen LogP contribution in [0.5, 0.6) is 0 Å². The summed E-state index contributed by atoms with van der Waals surface area (Å²) < 4.78 is 5.82. The Bertz CT molecular complexity index is 1130. The molecule has 1 heterocycles. The van der Waals surface area contributed by atoms with Gasteiger partial charge in [-0.3, -0.25) is 0 Å². The molecule has 4 rings (SSSR count). The molecule has 0 aliphatic carbocycles. The van der Waals surface area contributed by atoms with E-state index in [-0.39, 0.29) is 12.6 Å². The number of halogens is 3. The lowest BCUT2D eigenvalue weighted by Gasteiger charge is -2.21. The van der Waals surface area contributed by atoms with Gasteiger partial charge in [-0.15, -0.1) is 0 Å². The van der Waals surface area contributed by atoms with Gasteiger partial charge in [-0.05, 0) is 53.1 Å². The Morgan fingerprint density at radius 2 is 1.57 bits per heavy atom. The maximum Gasteiger partial charge on any atom is 0.296 e. The Balaban J connectivity index is 1.79. The standard InChI is InChI=1S/C21H15Cl3N2O2/c22-14-3-1-12(2-4-14)20(17-7-5-15(23)9-13(17)11-27)26-21-25-18-8-6-16(24)10-19(18)28-21/h1-10,20,27H,11H2,(H,25,26)/t20-/m0/s1. The Morgan fingerprint density at radius 1 is 0.893 bits per heavy atom. The van der Waals surface area contributed by atoms with Gasteiger partial charge in [-0.1, -0.05) is 53.0 Å². The van der Waals surface area contributed by atoms with Crippen LogP contribution in [0.15, 0.2) is 65.1 Å². The number of nitrogens with zero attached hydrogens (tertiary/aromatic N) is 1. The fourth-order valence-corrected chi connectivity index (χ4v) is 3.56. The number of aliphatic hydroxyl groups excluding tert-OH is 1. The number of hydrogen-bond acceptors (Lipinski definition) is 4. The highest BCUT2D eigenvalue weighted by Gasteiger charge is 2.20. The highest BCUT2D eigenvalue weighted by Crippen LogP contribution is 2.32. The number of aromatic nitrogens is 1. The van der Waals surface area contributed by atoms with Crippen LogP contribution in [0.3, 0.4) is 0 Å². The SMILES string of the molecule is OCc1cc(Cl)ccc1[C@@H](Nc1nc2ccc(Cl)cc2o1)c1ccc(Cl)cc1. The van der Waals surface area contributed by atoms with Crippen molar-refractivity contribution in [2.24, 2.45) is 0 Å². The maximum absolute atomic E-state index is 9.83.